The van der Waals surface area contributed by atoms with Crippen LogP contribution in [0, 0.1) is 5.92 Å². The molecular formula is C13H19N5O2. The topological polar surface area (TPSA) is 82.2 Å². The van der Waals surface area contributed by atoms with E-state index in [0.29, 0.717) is 13.1 Å². The highest BCUT2D eigenvalue weighted by Gasteiger charge is 2.33. The van der Waals surface area contributed by atoms with Crippen LogP contribution in [0.15, 0.2) is 6.33 Å². The Hall–Kier alpha value is -1.92. The van der Waals surface area contributed by atoms with Crippen LogP contribution in [0.25, 0.3) is 0 Å². The normalized spacial score (nSPS) is 23.1. The van der Waals surface area contributed by atoms with Gasteiger partial charge in [0.25, 0.3) is 5.91 Å². The van der Waals surface area contributed by atoms with Gasteiger partial charge in [0.1, 0.15) is 6.33 Å². The maximum Gasteiger partial charge on any atom is 0.291 e. The summed E-state index contributed by atoms with van der Waals surface area (Å²) in [7, 11) is 0. The summed E-state index contributed by atoms with van der Waals surface area (Å²) in [6, 6.07) is 0. The highest BCUT2D eigenvalue weighted by molar-refractivity contribution is 5.91. The van der Waals surface area contributed by atoms with Gasteiger partial charge in [-0.2, -0.15) is 5.10 Å². The van der Waals surface area contributed by atoms with Crippen LogP contribution in [0.1, 0.15) is 36.3 Å². The Morgan fingerprint density at radius 1 is 1.15 bits per heavy atom. The van der Waals surface area contributed by atoms with Crippen LogP contribution in [-0.4, -0.2) is 63.0 Å². The van der Waals surface area contributed by atoms with E-state index in [9.17, 15) is 9.59 Å². The third-order valence-corrected chi connectivity index (χ3v) is 4.09. The molecule has 1 N–H and O–H groups in total. The first kappa shape index (κ1) is 13.1. The van der Waals surface area contributed by atoms with Crippen LogP contribution in [0.2, 0.25) is 0 Å². The SMILES string of the molecule is O=C(c1ncn[nH]1)N1CCC[C@@H](C(=O)N2CCCC2)C1. The second kappa shape index (κ2) is 5.60. The van der Waals surface area contributed by atoms with Gasteiger partial charge >= 0.3 is 0 Å². The third kappa shape index (κ3) is 2.52. The number of likely N-dealkylation sites (tertiary alicyclic amines) is 2. The van der Waals surface area contributed by atoms with Crippen LogP contribution in [0.5, 0.6) is 0 Å². The molecule has 2 aliphatic rings. The predicted molar refractivity (Wildman–Crippen MR) is 70.8 cm³/mol. The molecule has 2 aliphatic heterocycles. The van der Waals surface area contributed by atoms with Crippen LogP contribution >= 0.6 is 0 Å². The maximum absolute atomic E-state index is 12.4. The summed E-state index contributed by atoms with van der Waals surface area (Å²) in [5, 5.41) is 6.28. The van der Waals surface area contributed by atoms with Crippen LogP contribution < -0.4 is 0 Å². The highest BCUT2D eigenvalue weighted by atomic mass is 16.2. The number of aromatic amines is 1. The number of nitrogens with one attached hydrogen (secondary N) is 1. The standard InChI is InChI=1S/C13H19N5O2/c19-12(17-5-1-2-6-17)10-4-3-7-18(8-10)13(20)11-14-9-15-16-11/h9-10H,1-8H2,(H,14,15,16)/t10-/m1/s1. The molecule has 0 aliphatic carbocycles. The molecular weight excluding hydrogens is 258 g/mol. The Bertz CT molecular complexity index is 481. The summed E-state index contributed by atoms with van der Waals surface area (Å²) in [6.07, 6.45) is 5.25. The molecule has 2 amide bonds. The van der Waals surface area contributed by atoms with Gasteiger partial charge in [0.2, 0.25) is 11.7 Å². The average Bonchev–Trinajstić information content (AvgIpc) is 3.18. The zero-order valence-electron chi connectivity index (χ0n) is 11.4. The first-order valence-electron chi connectivity index (χ1n) is 7.19. The van der Waals surface area contributed by atoms with E-state index in [-0.39, 0.29) is 23.6 Å². The molecule has 2 saturated heterocycles. The molecule has 108 valence electrons. The van der Waals surface area contributed by atoms with Crippen molar-refractivity contribution in [2.24, 2.45) is 5.92 Å². The number of hydrogen-bond acceptors (Lipinski definition) is 4. The number of rotatable bonds is 2. The summed E-state index contributed by atoms with van der Waals surface area (Å²) in [4.78, 5) is 32.2. The van der Waals surface area contributed by atoms with Crippen molar-refractivity contribution < 1.29 is 9.59 Å². The molecule has 1 atom stereocenters. The van der Waals surface area contributed by atoms with Crippen LogP contribution in [0.3, 0.4) is 0 Å². The molecule has 0 unspecified atom stereocenters. The number of aromatic nitrogens is 3. The highest BCUT2D eigenvalue weighted by Crippen LogP contribution is 2.22. The van der Waals surface area contributed by atoms with Crippen LogP contribution in [0.4, 0.5) is 0 Å². The molecule has 3 rings (SSSR count). The molecule has 7 nitrogen and oxygen atoms in total. The lowest BCUT2D eigenvalue weighted by Gasteiger charge is -2.33. The van der Waals surface area contributed by atoms with Crippen molar-refractivity contribution in [1.82, 2.24) is 25.0 Å². The summed E-state index contributed by atoms with van der Waals surface area (Å²) in [6.45, 7) is 2.91. The molecule has 2 fully saturated rings. The number of H-pyrrole nitrogens is 1. The molecule has 0 bridgehead atoms. The van der Waals surface area contributed by atoms with E-state index in [1.54, 1.807) is 4.90 Å². The van der Waals surface area contributed by atoms with E-state index in [1.165, 1.54) is 6.33 Å². The van der Waals surface area contributed by atoms with Gasteiger partial charge in [0, 0.05) is 26.2 Å². The Morgan fingerprint density at radius 2 is 1.90 bits per heavy atom. The molecule has 1 aromatic rings. The first-order chi connectivity index (χ1) is 9.75. The zero-order valence-corrected chi connectivity index (χ0v) is 11.4. The third-order valence-electron chi connectivity index (χ3n) is 4.09. The Labute approximate surface area is 117 Å². The Morgan fingerprint density at radius 3 is 2.60 bits per heavy atom. The smallest absolute Gasteiger partial charge is 0.291 e. The molecule has 3 heterocycles. The van der Waals surface area contributed by atoms with Crippen molar-refractivity contribution in [3.05, 3.63) is 12.2 Å². The molecule has 0 aromatic carbocycles. The second-order valence-electron chi connectivity index (χ2n) is 5.46. The fourth-order valence-electron chi connectivity index (χ4n) is 3.02. The number of carbonyl (C=O) groups is 2. The summed E-state index contributed by atoms with van der Waals surface area (Å²) in [5.74, 6) is 0.229. The Balaban J connectivity index is 1.64. The minimum absolute atomic E-state index is 0.0614. The van der Waals surface area contributed by atoms with E-state index in [0.717, 1.165) is 38.8 Å². The monoisotopic (exact) mass is 277 g/mol. The average molecular weight is 277 g/mol. The lowest BCUT2D eigenvalue weighted by molar-refractivity contribution is -0.135. The van der Waals surface area contributed by atoms with Gasteiger partial charge in [-0.3, -0.25) is 14.7 Å². The molecule has 7 heteroatoms. The number of piperidine rings is 1. The summed E-state index contributed by atoms with van der Waals surface area (Å²) >= 11 is 0. The molecule has 0 saturated carbocycles. The number of carbonyl (C=O) groups excluding carboxylic acids is 2. The lowest BCUT2D eigenvalue weighted by Crippen LogP contribution is -2.46. The minimum atomic E-state index is -0.165. The van der Waals surface area contributed by atoms with Crippen molar-refractivity contribution in [2.75, 3.05) is 26.2 Å². The van der Waals surface area contributed by atoms with E-state index in [4.69, 9.17) is 0 Å². The number of nitrogens with zero attached hydrogens (tertiary/aromatic N) is 4. The van der Waals surface area contributed by atoms with Gasteiger partial charge in [-0.15, -0.1) is 0 Å². The van der Waals surface area contributed by atoms with Gasteiger partial charge in [-0.25, -0.2) is 4.98 Å². The molecule has 20 heavy (non-hydrogen) atoms. The van der Waals surface area contributed by atoms with Crippen molar-refractivity contribution in [2.45, 2.75) is 25.7 Å². The van der Waals surface area contributed by atoms with Crippen molar-refractivity contribution in [3.63, 3.8) is 0 Å². The zero-order chi connectivity index (χ0) is 13.9. The fourth-order valence-corrected chi connectivity index (χ4v) is 3.02. The lowest BCUT2D eigenvalue weighted by atomic mass is 9.96. The predicted octanol–water partition coefficient (Wildman–Crippen LogP) is 0.279. The molecule has 1 aromatic heterocycles. The van der Waals surface area contributed by atoms with Crippen molar-refractivity contribution in [1.29, 1.82) is 0 Å². The maximum atomic E-state index is 12.4. The molecule has 0 radical (unpaired) electrons. The van der Waals surface area contributed by atoms with Gasteiger partial charge in [-0.1, -0.05) is 0 Å². The molecule has 0 spiro atoms. The fraction of sp³-hybridized carbons (Fsp3) is 0.692. The van der Waals surface area contributed by atoms with E-state index in [2.05, 4.69) is 15.2 Å². The number of hydrogen-bond donors (Lipinski definition) is 1. The van der Waals surface area contributed by atoms with E-state index >= 15 is 0 Å². The van der Waals surface area contributed by atoms with E-state index < -0.39 is 0 Å². The van der Waals surface area contributed by atoms with Gasteiger partial charge in [0.15, 0.2) is 0 Å². The second-order valence-corrected chi connectivity index (χ2v) is 5.46. The summed E-state index contributed by atoms with van der Waals surface area (Å²) < 4.78 is 0. The van der Waals surface area contributed by atoms with E-state index in [1.807, 2.05) is 4.90 Å². The quantitative estimate of drug-likeness (QED) is 0.841. The first-order valence-corrected chi connectivity index (χ1v) is 7.19. The Kier molecular flexibility index (Phi) is 3.66. The van der Waals surface area contributed by atoms with Crippen molar-refractivity contribution >= 4 is 11.8 Å². The minimum Gasteiger partial charge on any atom is -0.342 e. The van der Waals surface area contributed by atoms with Crippen LogP contribution in [-0.2, 0) is 4.79 Å². The van der Waals surface area contributed by atoms with Gasteiger partial charge < -0.3 is 9.80 Å². The number of amides is 2. The van der Waals surface area contributed by atoms with Gasteiger partial charge in [0.05, 0.1) is 5.92 Å². The van der Waals surface area contributed by atoms with Gasteiger partial charge in [-0.05, 0) is 25.7 Å². The summed E-state index contributed by atoms with van der Waals surface area (Å²) in [5.41, 5.74) is 0. The largest absolute Gasteiger partial charge is 0.342 e. The van der Waals surface area contributed by atoms with Crippen molar-refractivity contribution in [3.8, 4) is 0 Å².